The minimum absolute atomic E-state index is 0.260. The van der Waals surface area contributed by atoms with Crippen molar-refractivity contribution in [2.45, 2.75) is 4.90 Å². The fourth-order valence-corrected chi connectivity index (χ4v) is 0.912. The predicted octanol–water partition coefficient (Wildman–Crippen LogP) is 2.70. The van der Waals surface area contributed by atoms with E-state index in [1.807, 2.05) is 19.2 Å². The minimum atomic E-state index is 0.260. The first-order chi connectivity index (χ1) is 4.86. The highest BCUT2D eigenvalue weighted by Crippen LogP contribution is 2.20. The molecule has 0 aliphatic carbocycles. The van der Waals surface area contributed by atoms with Gasteiger partial charge in [0.25, 0.3) is 0 Å². The molecular weight excluding hydrogens is 149 g/mol. The average Bonchev–Trinajstić information content (AvgIpc) is 2.05. The van der Waals surface area contributed by atoms with E-state index in [0.29, 0.717) is 4.90 Å². The lowest BCUT2D eigenvalue weighted by Crippen LogP contribution is -1.85. The van der Waals surface area contributed by atoms with E-state index in [1.165, 1.54) is 0 Å². The first-order valence-corrected chi connectivity index (χ1v) is 3.65. The van der Waals surface area contributed by atoms with E-state index >= 15 is 0 Å². The Labute approximate surface area is 63.9 Å². The van der Waals surface area contributed by atoms with E-state index in [1.54, 1.807) is 12.1 Å². The van der Waals surface area contributed by atoms with Crippen LogP contribution in [0.2, 0.25) is 0 Å². The van der Waals surface area contributed by atoms with Crippen molar-refractivity contribution in [3.05, 3.63) is 24.3 Å². The summed E-state index contributed by atoms with van der Waals surface area (Å²) in [7, 11) is 1.83. The Morgan fingerprint density at radius 3 is 2.30 bits per heavy atom. The van der Waals surface area contributed by atoms with Gasteiger partial charge in [0.05, 0.1) is 12.1 Å². The molecule has 10 heavy (non-hydrogen) atoms. The Hall–Kier alpha value is -0.700. The summed E-state index contributed by atoms with van der Waals surface area (Å²) in [5.74, 6) is 0. The smallest absolute Gasteiger partial charge is 0.0812 e. The van der Waals surface area contributed by atoms with Gasteiger partial charge in [-0.05, 0) is 24.3 Å². The SMILES string of the molecule is CNc1ccc(SF)cc1. The number of hydrogen-bond donors (Lipinski definition) is 1. The minimum Gasteiger partial charge on any atom is -0.388 e. The van der Waals surface area contributed by atoms with E-state index in [-0.39, 0.29) is 12.1 Å². The van der Waals surface area contributed by atoms with E-state index in [4.69, 9.17) is 0 Å². The highest BCUT2D eigenvalue weighted by Gasteiger charge is 1.90. The largest absolute Gasteiger partial charge is 0.388 e. The van der Waals surface area contributed by atoms with Crippen LogP contribution < -0.4 is 5.32 Å². The molecule has 0 saturated carbocycles. The molecule has 0 fully saturated rings. The van der Waals surface area contributed by atoms with Gasteiger partial charge in [-0.2, -0.15) is 3.89 Å². The first-order valence-electron chi connectivity index (χ1n) is 2.93. The first kappa shape index (κ1) is 7.41. The van der Waals surface area contributed by atoms with Crippen molar-refractivity contribution < 1.29 is 3.89 Å². The Morgan fingerprint density at radius 2 is 1.90 bits per heavy atom. The number of hydrogen-bond acceptors (Lipinski definition) is 2. The number of nitrogens with one attached hydrogen (secondary N) is 1. The van der Waals surface area contributed by atoms with Gasteiger partial charge in [0.2, 0.25) is 0 Å². The van der Waals surface area contributed by atoms with E-state index < -0.39 is 0 Å². The molecule has 0 heterocycles. The fraction of sp³-hybridized carbons (Fsp3) is 0.143. The summed E-state index contributed by atoms with van der Waals surface area (Å²) in [6.45, 7) is 0. The van der Waals surface area contributed by atoms with Crippen molar-refractivity contribution in [1.82, 2.24) is 0 Å². The van der Waals surface area contributed by atoms with Crippen molar-refractivity contribution in [3.63, 3.8) is 0 Å². The third-order valence-electron chi connectivity index (χ3n) is 1.23. The molecule has 0 spiro atoms. The quantitative estimate of drug-likeness (QED) is 0.708. The van der Waals surface area contributed by atoms with Gasteiger partial charge in [0.15, 0.2) is 0 Å². The Kier molecular flexibility index (Phi) is 2.57. The molecule has 0 aliphatic rings. The zero-order valence-electron chi connectivity index (χ0n) is 5.60. The van der Waals surface area contributed by atoms with Gasteiger partial charge in [-0.15, -0.1) is 0 Å². The summed E-state index contributed by atoms with van der Waals surface area (Å²) in [6, 6.07) is 7.14. The van der Waals surface area contributed by atoms with Gasteiger partial charge in [-0.3, -0.25) is 0 Å². The number of halogens is 1. The zero-order chi connectivity index (χ0) is 7.40. The third kappa shape index (κ3) is 1.64. The van der Waals surface area contributed by atoms with Crippen molar-refractivity contribution in [1.29, 1.82) is 0 Å². The monoisotopic (exact) mass is 157 g/mol. The number of anilines is 1. The molecular formula is C7H8FNS. The Bertz CT molecular complexity index is 174. The predicted molar refractivity (Wildman–Crippen MR) is 43.0 cm³/mol. The van der Waals surface area contributed by atoms with Crippen LogP contribution in [0.3, 0.4) is 0 Å². The molecule has 0 amide bonds. The molecule has 0 aromatic heterocycles. The third-order valence-corrected chi connectivity index (χ3v) is 1.68. The van der Waals surface area contributed by atoms with E-state index in [2.05, 4.69) is 5.32 Å². The molecule has 54 valence electrons. The van der Waals surface area contributed by atoms with Gasteiger partial charge in [-0.1, -0.05) is 0 Å². The highest BCUT2D eigenvalue weighted by molar-refractivity contribution is 7.94. The van der Waals surface area contributed by atoms with Crippen LogP contribution in [0.1, 0.15) is 0 Å². The van der Waals surface area contributed by atoms with E-state index in [9.17, 15) is 3.89 Å². The van der Waals surface area contributed by atoms with Crippen molar-refractivity contribution in [2.75, 3.05) is 12.4 Å². The van der Waals surface area contributed by atoms with Crippen LogP contribution in [0.15, 0.2) is 29.2 Å². The zero-order valence-corrected chi connectivity index (χ0v) is 6.41. The topological polar surface area (TPSA) is 12.0 Å². The van der Waals surface area contributed by atoms with Gasteiger partial charge in [0, 0.05) is 17.6 Å². The maximum Gasteiger partial charge on any atom is 0.0812 e. The second-order valence-corrected chi connectivity index (χ2v) is 2.48. The van der Waals surface area contributed by atoms with Crippen LogP contribution >= 0.6 is 12.1 Å². The molecule has 0 radical (unpaired) electrons. The van der Waals surface area contributed by atoms with Crippen LogP contribution in [-0.4, -0.2) is 7.05 Å². The molecule has 0 bridgehead atoms. The molecule has 1 rings (SSSR count). The maximum atomic E-state index is 11.9. The lowest BCUT2D eigenvalue weighted by atomic mass is 10.3. The second kappa shape index (κ2) is 3.46. The standard InChI is InChI=1S/C7H8FNS/c1-9-6-2-4-7(10-8)5-3-6/h2-5,9H,1H3. The van der Waals surface area contributed by atoms with Gasteiger partial charge in [0.1, 0.15) is 0 Å². The summed E-state index contributed by atoms with van der Waals surface area (Å²) >= 11 is 0.260. The van der Waals surface area contributed by atoms with Crippen molar-refractivity contribution >= 4 is 17.8 Å². The van der Waals surface area contributed by atoms with Gasteiger partial charge >= 0.3 is 0 Å². The number of rotatable bonds is 2. The van der Waals surface area contributed by atoms with Crippen molar-refractivity contribution in [2.24, 2.45) is 0 Å². The van der Waals surface area contributed by atoms with Crippen LogP contribution in [0.25, 0.3) is 0 Å². The summed E-state index contributed by atoms with van der Waals surface area (Å²) in [5.41, 5.74) is 0.998. The Morgan fingerprint density at radius 1 is 1.30 bits per heavy atom. The van der Waals surface area contributed by atoms with Crippen LogP contribution in [0.5, 0.6) is 0 Å². The lowest BCUT2D eigenvalue weighted by Gasteiger charge is -1.97. The Balaban J connectivity index is 2.80. The summed E-state index contributed by atoms with van der Waals surface area (Å²) in [5, 5.41) is 2.95. The molecule has 1 N–H and O–H groups in total. The highest BCUT2D eigenvalue weighted by atomic mass is 32.2. The van der Waals surface area contributed by atoms with Crippen molar-refractivity contribution in [3.8, 4) is 0 Å². The summed E-state index contributed by atoms with van der Waals surface area (Å²) < 4.78 is 11.9. The molecule has 1 aromatic rings. The summed E-state index contributed by atoms with van der Waals surface area (Å²) in [6.07, 6.45) is 0. The van der Waals surface area contributed by atoms with E-state index in [0.717, 1.165) is 5.69 Å². The second-order valence-electron chi connectivity index (χ2n) is 1.85. The molecule has 3 heteroatoms. The molecule has 0 aliphatic heterocycles. The maximum absolute atomic E-state index is 11.9. The molecule has 1 aromatic carbocycles. The van der Waals surface area contributed by atoms with Gasteiger partial charge < -0.3 is 5.32 Å². The van der Waals surface area contributed by atoms with Crippen LogP contribution in [-0.2, 0) is 0 Å². The van der Waals surface area contributed by atoms with Crippen LogP contribution in [0, 0.1) is 0 Å². The van der Waals surface area contributed by atoms with Crippen LogP contribution in [0.4, 0.5) is 9.57 Å². The average molecular weight is 157 g/mol. The lowest BCUT2D eigenvalue weighted by molar-refractivity contribution is 0.934. The normalized spacial score (nSPS) is 9.40. The molecule has 0 saturated heterocycles. The molecule has 0 unspecified atom stereocenters. The van der Waals surface area contributed by atoms with Gasteiger partial charge in [-0.25, -0.2) is 0 Å². The molecule has 1 nitrogen and oxygen atoms in total. The number of benzene rings is 1. The fourth-order valence-electron chi connectivity index (χ4n) is 0.673. The molecule has 0 atom stereocenters. The summed E-state index contributed by atoms with van der Waals surface area (Å²) in [4.78, 5) is 0.638.